The quantitative estimate of drug-likeness (QED) is 0.774. The third-order valence-electron chi connectivity index (χ3n) is 5.51. The summed E-state index contributed by atoms with van der Waals surface area (Å²) < 4.78 is 11.4. The molecule has 0 aliphatic carbocycles. The van der Waals surface area contributed by atoms with E-state index in [9.17, 15) is 4.79 Å². The molecule has 0 N–H and O–H groups in total. The standard InChI is InChI=1S/C17H30N2O3/c1-13(22-12-14-6-5-11-21-14)17(20)19-10-4-8-16(19)15-7-3-9-18(15)2/h13-16H,3-12H2,1-2H3/t13-,14-,15+,16+/m0/s1. The zero-order chi connectivity index (χ0) is 15.5. The molecule has 4 atom stereocenters. The molecule has 3 aliphatic rings. The van der Waals surface area contributed by atoms with Crippen molar-refractivity contribution in [2.75, 3.05) is 33.4 Å². The number of nitrogens with zero attached hydrogens (tertiary/aromatic N) is 2. The van der Waals surface area contributed by atoms with Gasteiger partial charge in [0.25, 0.3) is 5.91 Å². The van der Waals surface area contributed by atoms with Crippen molar-refractivity contribution in [2.24, 2.45) is 0 Å². The van der Waals surface area contributed by atoms with E-state index in [0.717, 1.165) is 45.4 Å². The van der Waals surface area contributed by atoms with Crippen LogP contribution in [-0.2, 0) is 14.3 Å². The second-order valence-electron chi connectivity index (χ2n) is 7.04. The maximum atomic E-state index is 12.8. The minimum Gasteiger partial charge on any atom is -0.376 e. The van der Waals surface area contributed by atoms with Gasteiger partial charge in [-0.3, -0.25) is 4.79 Å². The van der Waals surface area contributed by atoms with Gasteiger partial charge in [0.1, 0.15) is 6.10 Å². The molecule has 1 amide bonds. The van der Waals surface area contributed by atoms with E-state index >= 15 is 0 Å². The van der Waals surface area contributed by atoms with Crippen LogP contribution in [0.25, 0.3) is 0 Å². The first-order valence-electron chi connectivity index (χ1n) is 8.90. The van der Waals surface area contributed by atoms with Crippen LogP contribution in [0.5, 0.6) is 0 Å². The molecule has 5 heteroatoms. The van der Waals surface area contributed by atoms with Crippen LogP contribution in [0, 0.1) is 0 Å². The van der Waals surface area contributed by atoms with Crippen molar-refractivity contribution in [3.05, 3.63) is 0 Å². The predicted octanol–water partition coefficient (Wildman–Crippen LogP) is 1.66. The van der Waals surface area contributed by atoms with E-state index < -0.39 is 0 Å². The number of carbonyl (C=O) groups is 1. The summed E-state index contributed by atoms with van der Waals surface area (Å²) in [6, 6.07) is 0.922. The number of hydrogen-bond acceptors (Lipinski definition) is 4. The average molecular weight is 310 g/mol. The zero-order valence-electron chi connectivity index (χ0n) is 14.0. The van der Waals surface area contributed by atoms with Crippen molar-refractivity contribution in [3.8, 4) is 0 Å². The van der Waals surface area contributed by atoms with E-state index in [4.69, 9.17) is 9.47 Å². The monoisotopic (exact) mass is 310 g/mol. The Labute approximate surface area is 133 Å². The fraction of sp³-hybridized carbons (Fsp3) is 0.941. The third-order valence-corrected chi connectivity index (χ3v) is 5.51. The van der Waals surface area contributed by atoms with Crippen molar-refractivity contribution < 1.29 is 14.3 Å². The summed E-state index contributed by atoms with van der Waals surface area (Å²) in [6.07, 6.45) is 6.74. The van der Waals surface area contributed by atoms with Gasteiger partial charge >= 0.3 is 0 Å². The van der Waals surface area contributed by atoms with Gasteiger partial charge in [-0.25, -0.2) is 0 Å². The molecule has 0 bridgehead atoms. The number of ether oxygens (including phenoxy) is 2. The number of likely N-dealkylation sites (N-methyl/N-ethyl adjacent to an activating group) is 1. The first kappa shape index (κ1) is 16.2. The number of amides is 1. The van der Waals surface area contributed by atoms with E-state index in [1.54, 1.807) is 0 Å². The first-order chi connectivity index (χ1) is 10.7. The lowest BCUT2D eigenvalue weighted by molar-refractivity contribution is -0.146. The Morgan fingerprint density at radius 2 is 1.95 bits per heavy atom. The number of rotatable bonds is 5. The molecule has 5 nitrogen and oxygen atoms in total. The molecule has 0 radical (unpaired) electrons. The Morgan fingerprint density at radius 1 is 1.18 bits per heavy atom. The molecule has 3 heterocycles. The molecule has 3 fully saturated rings. The van der Waals surface area contributed by atoms with Crippen LogP contribution in [0.1, 0.15) is 45.4 Å². The highest BCUT2D eigenvalue weighted by Crippen LogP contribution is 2.29. The predicted molar refractivity (Wildman–Crippen MR) is 84.8 cm³/mol. The molecule has 3 rings (SSSR count). The van der Waals surface area contributed by atoms with Gasteiger partial charge < -0.3 is 19.3 Å². The Morgan fingerprint density at radius 3 is 2.64 bits per heavy atom. The molecule has 0 aromatic rings. The first-order valence-corrected chi connectivity index (χ1v) is 8.90. The Balaban J connectivity index is 1.53. The van der Waals surface area contributed by atoms with Crippen molar-refractivity contribution in [3.63, 3.8) is 0 Å². The molecule has 126 valence electrons. The highest BCUT2D eigenvalue weighted by Gasteiger charge is 2.39. The lowest BCUT2D eigenvalue weighted by Crippen LogP contribution is -2.50. The smallest absolute Gasteiger partial charge is 0.251 e. The van der Waals surface area contributed by atoms with E-state index in [2.05, 4.69) is 16.8 Å². The average Bonchev–Trinajstić information content (AvgIpc) is 3.24. The van der Waals surface area contributed by atoms with Crippen molar-refractivity contribution >= 4 is 5.91 Å². The van der Waals surface area contributed by atoms with E-state index in [1.807, 2.05) is 6.92 Å². The molecule has 0 aromatic heterocycles. The van der Waals surface area contributed by atoms with Crippen LogP contribution < -0.4 is 0 Å². The van der Waals surface area contributed by atoms with E-state index in [-0.39, 0.29) is 18.1 Å². The van der Waals surface area contributed by atoms with Crippen molar-refractivity contribution in [1.29, 1.82) is 0 Å². The van der Waals surface area contributed by atoms with Gasteiger partial charge in [0.15, 0.2) is 0 Å². The van der Waals surface area contributed by atoms with Crippen LogP contribution in [0.2, 0.25) is 0 Å². The molecule has 3 saturated heterocycles. The Hall–Kier alpha value is -0.650. The second kappa shape index (κ2) is 7.28. The molecular formula is C17H30N2O3. The van der Waals surface area contributed by atoms with Gasteiger partial charge in [0.2, 0.25) is 0 Å². The lowest BCUT2D eigenvalue weighted by Gasteiger charge is -2.34. The van der Waals surface area contributed by atoms with Crippen molar-refractivity contribution in [2.45, 2.75) is 69.7 Å². The highest BCUT2D eigenvalue weighted by atomic mass is 16.5. The van der Waals surface area contributed by atoms with Gasteiger partial charge in [0, 0.05) is 25.2 Å². The second-order valence-corrected chi connectivity index (χ2v) is 7.04. The van der Waals surface area contributed by atoms with Crippen molar-refractivity contribution in [1.82, 2.24) is 9.80 Å². The van der Waals surface area contributed by atoms with E-state index in [0.29, 0.717) is 18.7 Å². The number of likely N-dealkylation sites (tertiary alicyclic amines) is 2. The molecule has 0 aromatic carbocycles. The maximum absolute atomic E-state index is 12.8. The molecule has 0 saturated carbocycles. The summed E-state index contributed by atoms with van der Waals surface area (Å²) in [5.41, 5.74) is 0. The Kier molecular flexibility index (Phi) is 5.37. The van der Waals surface area contributed by atoms with Gasteiger partial charge in [0.05, 0.1) is 12.7 Å². The molecule has 0 unspecified atom stereocenters. The highest BCUT2D eigenvalue weighted by molar-refractivity contribution is 5.81. The molecule has 0 spiro atoms. The van der Waals surface area contributed by atoms with Gasteiger partial charge in [-0.2, -0.15) is 0 Å². The van der Waals surface area contributed by atoms with Crippen LogP contribution in [0.4, 0.5) is 0 Å². The summed E-state index contributed by atoms with van der Waals surface area (Å²) in [6.45, 7) is 5.33. The van der Waals surface area contributed by atoms with Crippen LogP contribution in [0.15, 0.2) is 0 Å². The summed E-state index contributed by atoms with van der Waals surface area (Å²) in [5.74, 6) is 0.167. The fourth-order valence-electron chi connectivity index (χ4n) is 4.22. The van der Waals surface area contributed by atoms with Crippen LogP contribution in [0.3, 0.4) is 0 Å². The van der Waals surface area contributed by atoms with Gasteiger partial charge in [-0.05, 0) is 59.0 Å². The third kappa shape index (κ3) is 3.47. The van der Waals surface area contributed by atoms with Crippen LogP contribution in [-0.4, -0.2) is 73.3 Å². The summed E-state index contributed by atoms with van der Waals surface area (Å²) in [5, 5.41) is 0. The number of hydrogen-bond donors (Lipinski definition) is 0. The number of carbonyl (C=O) groups excluding carboxylic acids is 1. The minimum atomic E-state index is -0.350. The molecular weight excluding hydrogens is 280 g/mol. The minimum absolute atomic E-state index is 0.167. The summed E-state index contributed by atoms with van der Waals surface area (Å²) in [4.78, 5) is 17.3. The molecule has 3 aliphatic heterocycles. The largest absolute Gasteiger partial charge is 0.376 e. The van der Waals surface area contributed by atoms with Gasteiger partial charge in [-0.15, -0.1) is 0 Å². The fourth-order valence-corrected chi connectivity index (χ4v) is 4.22. The molecule has 22 heavy (non-hydrogen) atoms. The van der Waals surface area contributed by atoms with Gasteiger partial charge in [-0.1, -0.05) is 0 Å². The Bertz CT molecular complexity index is 384. The summed E-state index contributed by atoms with van der Waals surface area (Å²) >= 11 is 0. The topological polar surface area (TPSA) is 42.0 Å². The maximum Gasteiger partial charge on any atom is 0.251 e. The lowest BCUT2D eigenvalue weighted by atomic mass is 10.0. The zero-order valence-corrected chi connectivity index (χ0v) is 14.0. The SMILES string of the molecule is C[C@H](OC[C@@H]1CCCO1)C(=O)N1CCC[C@@H]1[C@H]1CCCN1C. The van der Waals surface area contributed by atoms with Crippen LogP contribution >= 0.6 is 0 Å². The summed E-state index contributed by atoms with van der Waals surface area (Å²) in [7, 11) is 2.19. The normalized spacial score (nSPS) is 34.5. The van der Waals surface area contributed by atoms with E-state index in [1.165, 1.54) is 12.8 Å².